The molecule has 1 saturated carbocycles. The van der Waals surface area contributed by atoms with Gasteiger partial charge in [-0.05, 0) is 19.0 Å². The lowest BCUT2D eigenvalue weighted by Gasteiger charge is -2.29. The van der Waals surface area contributed by atoms with Gasteiger partial charge in [0.1, 0.15) is 5.84 Å². The molecule has 4 heteroatoms. The van der Waals surface area contributed by atoms with E-state index in [1.165, 1.54) is 6.20 Å². The third-order valence-electron chi connectivity index (χ3n) is 2.76. The minimum Gasteiger partial charge on any atom is -0.369 e. The van der Waals surface area contributed by atoms with Crippen LogP contribution in [0.15, 0.2) is 12.8 Å². The van der Waals surface area contributed by atoms with Gasteiger partial charge in [0.25, 0.3) is 0 Å². The SMILES string of the molecule is C=CNC(=N)C1CCCCC1C(N)=O. The van der Waals surface area contributed by atoms with E-state index in [2.05, 4.69) is 11.9 Å². The van der Waals surface area contributed by atoms with Crippen LogP contribution in [0.4, 0.5) is 0 Å². The second kappa shape index (κ2) is 4.79. The van der Waals surface area contributed by atoms with Crippen LogP contribution in [0.3, 0.4) is 0 Å². The Morgan fingerprint density at radius 1 is 1.43 bits per heavy atom. The van der Waals surface area contributed by atoms with E-state index in [0.29, 0.717) is 5.84 Å². The van der Waals surface area contributed by atoms with Gasteiger partial charge in [-0.1, -0.05) is 19.4 Å². The van der Waals surface area contributed by atoms with Crippen LogP contribution in [0.1, 0.15) is 25.7 Å². The zero-order valence-electron chi connectivity index (χ0n) is 8.25. The summed E-state index contributed by atoms with van der Waals surface area (Å²) in [5.41, 5.74) is 5.30. The summed E-state index contributed by atoms with van der Waals surface area (Å²) in [4.78, 5) is 11.1. The average Bonchev–Trinajstić information content (AvgIpc) is 2.18. The van der Waals surface area contributed by atoms with Crippen LogP contribution in [0.5, 0.6) is 0 Å². The fourth-order valence-corrected chi connectivity index (χ4v) is 2.03. The maximum Gasteiger partial charge on any atom is 0.221 e. The smallest absolute Gasteiger partial charge is 0.221 e. The highest BCUT2D eigenvalue weighted by Crippen LogP contribution is 2.29. The molecule has 1 aliphatic carbocycles. The van der Waals surface area contributed by atoms with Gasteiger partial charge in [-0.3, -0.25) is 10.2 Å². The van der Waals surface area contributed by atoms with Gasteiger partial charge in [0.05, 0.1) is 0 Å². The summed E-state index contributed by atoms with van der Waals surface area (Å²) in [6.07, 6.45) is 5.24. The van der Waals surface area contributed by atoms with Crippen LogP contribution >= 0.6 is 0 Å². The molecule has 2 atom stereocenters. The van der Waals surface area contributed by atoms with Crippen molar-refractivity contribution in [3.63, 3.8) is 0 Å². The molecule has 4 nitrogen and oxygen atoms in total. The lowest BCUT2D eigenvalue weighted by atomic mass is 9.78. The van der Waals surface area contributed by atoms with Crippen LogP contribution < -0.4 is 11.1 Å². The second-order valence-corrected chi connectivity index (χ2v) is 3.66. The number of hydrogen-bond acceptors (Lipinski definition) is 2. The lowest BCUT2D eigenvalue weighted by molar-refractivity contribution is -0.123. The molecule has 1 amide bonds. The molecule has 0 heterocycles. The van der Waals surface area contributed by atoms with E-state index in [1.807, 2.05) is 0 Å². The molecule has 0 bridgehead atoms. The molecule has 1 rings (SSSR count). The molecule has 0 aromatic heterocycles. The number of nitrogens with two attached hydrogens (primary N) is 1. The molecular weight excluding hydrogens is 178 g/mol. The van der Waals surface area contributed by atoms with E-state index in [9.17, 15) is 4.79 Å². The third kappa shape index (κ3) is 2.34. The number of amidine groups is 1. The number of amides is 1. The molecule has 0 radical (unpaired) electrons. The Morgan fingerprint density at radius 3 is 2.50 bits per heavy atom. The number of nitrogens with one attached hydrogen (secondary N) is 2. The van der Waals surface area contributed by atoms with Crippen molar-refractivity contribution in [2.75, 3.05) is 0 Å². The second-order valence-electron chi connectivity index (χ2n) is 3.66. The Kier molecular flexibility index (Phi) is 3.68. The number of carbonyl (C=O) groups is 1. The van der Waals surface area contributed by atoms with Gasteiger partial charge in [-0.15, -0.1) is 0 Å². The van der Waals surface area contributed by atoms with E-state index >= 15 is 0 Å². The summed E-state index contributed by atoms with van der Waals surface area (Å²) < 4.78 is 0. The normalized spacial score (nSPS) is 26.6. The Balaban J connectivity index is 2.66. The quantitative estimate of drug-likeness (QED) is 0.464. The summed E-state index contributed by atoms with van der Waals surface area (Å²) in [5.74, 6) is -0.142. The van der Waals surface area contributed by atoms with E-state index in [0.717, 1.165) is 25.7 Å². The number of hydrogen-bond donors (Lipinski definition) is 3. The van der Waals surface area contributed by atoms with Gasteiger partial charge in [-0.2, -0.15) is 0 Å². The topological polar surface area (TPSA) is 79.0 Å². The van der Waals surface area contributed by atoms with Gasteiger partial charge >= 0.3 is 0 Å². The van der Waals surface area contributed by atoms with Crippen molar-refractivity contribution in [1.82, 2.24) is 5.32 Å². The summed E-state index contributed by atoms with van der Waals surface area (Å²) >= 11 is 0. The Labute approximate surface area is 84.1 Å². The molecule has 2 unspecified atom stereocenters. The van der Waals surface area contributed by atoms with Crippen LogP contribution in [-0.2, 0) is 4.79 Å². The van der Waals surface area contributed by atoms with Gasteiger partial charge in [-0.25, -0.2) is 0 Å². The van der Waals surface area contributed by atoms with Crippen LogP contribution in [0.2, 0.25) is 0 Å². The zero-order valence-corrected chi connectivity index (χ0v) is 8.25. The molecule has 4 N–H and O–H groups in total. The minimum atomic E-state index is -0.287. The summed E-state index contributed by atoms with van der Waals surface area (Å²) in [7, 11) is 0. The number of rotatable bonds is 3. The Hall–Kier alpha value is -1.32. The Morgan fingerprint density at radius 2 is 2.00 bits per heavy atom. The van der Waals surface area contributed by atoms with Crippen molar-refractivity contribution < 1.29 is 4.79 Å². The van der Waals surface area contributed by atoms with E-state index in [-0.39, 0.29) is 17.7 Å². The standard InChI is InChI=1S/C10H17N3O/c1-2-13-9(11)7-5-3-4-6-8(7)10(12)14/h2,7-8H,1,3-6H2,(H2,11,13)(H2,12,14). The number of carbonyl (C=O) groups excluding carboxylic acids is 1. The predicted octanol–water partition coefficient (Wildman–Crippen LogP) is 0.988. The van der Waals surface area contributed by atoms with Crippen molar-refractivity contribution in [3.05, 3.63) is 12.8 Å². The highest BCUT2D eigenvalue weighted by Gasteiger charge is 2.31. The van der Waals surface area contributed by atoms with Gasteiger partial charge in [0.2, 0.25) is 5.91 Å². The first kappa shape index (κ1) is 10.8. The maximum absolute atomic E-state index is 11.1. The first-order valence-corrected chi connectivity index (χ1v) is 4.92. The van der Waals surface area contributed by atoms with Crippen molar-refractivity contribution >= 4 is 11.7 Å². The molecule has 1 fully saturated rings. The van der Waals surface area contributed by atoms with Crippen molar-refractivity contribution in [2.24, 2.45) is 17.6 Å². The molecule has 78 valence electrons. The first-order chi connectivity index (χ1) is 6.66. The van der Waals surface area contributed by atoms with Gasteiger partial charge in [0.15, 0.2) is 0 Å². The first-order valence-electron chi connectivity index (χ1n) is 4.92. The number of primary amides is 1. The summed E-state index contributed by atoms with van der Waals surface area (Å²) in [6, 6.07) is 0. The molecule has 0 spiro atoms. The van der Waals surface area contributed by atoms with Crippen molar-refractivity contribution in [3.8, 4) is 0 Å². The monoisotopic (exact) mass is 195 g/mol. The summed E-state index contributed by atoms with van der Waals surface area (Å²) in [5, 5.41) is 10.5. The summed E-state index contributed by atoms with van der Waals surface area (Å²) in [6.45, 7) is 3.50. The van der Waals surface area contributed by atoms with Gasteiger partial charge in [0, 0.05) is 11.8 Å². The highest BCUT2D eigenvalue weighted by atomic mass is 16.1. The molecule has 1 aliphatic rings. The fraction of sp³-hybridized carbons (Fsp3) is 0.600. The van der Waals surface area contributed by atoms with Crippen LogP contribution in [-0.4, -0.2) is 11.7 Å². The van der Waals surface area contributed by atoms with E-state index in [1.54, 1.807) is 0 Å². The van der Waals surface area contributed by atoms with E-state index < -0.39 is 0 Å². The predicted molar refractivity (Wildman–Crippen MR) is 55.7 cm³/mol. The minimum absolute atomic E-state index is 0.0424. The van der Waals surface area contributed by atoms with Crippen LogP contribution in [0, 0.1) is 17.2 Å². The Bertz CT molecular complexity index is 250. The van der Waals surface area contributed by atoms with Crippen molar-refractivity contribution in [2.45, 2.75) is 25.7 Å². The molecule has 0 aliphatic heterocycles. The average molecular weight is 195 g/mol. The third-order valence-corrected chi connectivity index (χ3v) is 2.76. The zero-order chi connectivity index (χ0) is 10.6. The highest BCUT2D eigenvalue weighted by molar-refractivity contribution is 5.89. The maximum atomic E-state index is 11.1. The lowest BCUT2D eigenvalue weighted by Crippen LogP contribution is -2.40. The fourth-order valence-electron chi connectivity index (χ4n) is 2.03. The van der Waals surface area contributed by atoms with Gasteiger partial charge < -0.3 is 11.1 Å². The molecular formula is C10H17N3O. The van der Waals surface area contributed by atoms with Crippen molar-refractivity contribution in [1.29, 1.82) is 5.41 Å². The molecule has 14 heavy (non-hydrogen) atoms. The van der Waals surface area contributed by atoms with E-state index in [4.69, 9.17) is 11.1 Å². The molecule has 0 aromatic rings. The van der Waals surface area contributed by atoms with Crippen LogP contribution in [0.25, 0.3) is 0 Å². The molecule has 0 saturated heterocycles. The largest absolute Gasteiger partial charge is 0.369 e. The molecule has 0 aromatic carbocycles.